The Labute approximate surface area is 194 Å². The van der Waals surface area contributed by atoms with E-state index in [1.165, 1.54) is 0 Å². The number of rotatable bonds is 8. The van der Waals surface area contributed by atoms with Crippen LogP contribution in [0.5, 0.6) is 5.75 Å². The largest absolute Gasteiger partial charge is 0.489 e. The van der Waals surface area contributed by atoms with E-state index in [9.17, 15) is 4.79 Å². The van der Waals surface area contributed by atoms with E-state index in [-0.39, 0.29) is 18.4 Å². The van der Waals surface area contributed by atoms with Gasteiger partial charge in [0.25, 0.3) is 0 Å². The monoisotopic (exact) mass is 437 g/mol. The van der Waals surface area contributed by atoms with Gasteiger partial charge < -0.3 is 10.1 Å². The summed E-state index contributed by atoms with van der Waals surface area (Å²) in [7, 11) is 0. The summed E-state index contributed by atoms with van der Waals surface area (Å²) in [5.41, 5.74) is 5.82. The molecule has 0 radical (unpaired) electrons. The molecular weight excluding hydrogens is 410 g/mol. The molecule has 2 heterocycles. The van der Waals surface area contributed by atoms with Crippen LogP contribution in [0.3, 0.4) is 0 Å². The van der Waals surface area contributed by atoms with Gasteiger partial charge >= 0.3 is 0 Å². The van der Waals surface area contributed by atoms with Crippen molar-refractivity contribution in [3.05, 3.63) is 125 Å². The third-order valence-corrected chi connectivity index (χ3v) is 5.47. The number of hydrogen-bond donors (Lipinski definition) is 1. The zero-order valence-corrected chi connectivity index (χ0v) is 18.9. The number of amides is 1. The fourth-order valence-corrected chi connectivity index (χ4v) is 3.56. The van der Waals surface area contributed by atoms with Crippen molar-refractivity contribution in [1.82, 2.24) is 15.3 Å². The minimum Gasteiger partial charge on any atom is -0.489 e. The Kier molecular flexibility index (Phi) is 7.10. The number of hydrogen-bond acceptors (Lipinski definition) is 4. The van der Waals surface area contributed by atoms with Gasteiger partial charge in [0, 0.05) is 23.7 Å². The molecule has 1 N–H and O–H groups in total. The van der Waals surface area contributed by atoms with Crippen molar-refractivity contribution in [3.8, 4) is 5.75 Å². The summed E-state index contributed by atoms with van der Waals surface area (Å²) in [4.78, 5) is 21.7. The molecule has 33 heavy (non-hydrogen) atoms. The van der Waals surface area contributed by atoms with Crippen molar-refractivity contribution in [3.63, 3.8) is 0 Å². The Hall–Kier alpha value is -3.99. The van der Waals surface area contributed by atoms with Gasteiger partial charge in [-0.2, -0.15) is 0 Å². The molecule has 5 nitrogen and oxygen atoms in total. The maximum Gasteiger partial charge on any atom is 0.225 e. The molecule has 0 fully saturated rings. The minimum atomic E-state index is -0.301. The molecule has 0 spiro atoms. The highest BCUT2D eigenvalue weighted by Gasteiger charge is 2.18. The molecule has 5 heteroatoms. The Morgan fingerprint density at radius 1 is 0.909 bits per heavy atom. The lowest BCUT2D eigenvalue weighted by molar-refractivity contribution is -0.121. The molecule has 2 aromatic heterocycles. The molecule has 0 saturated carbocycles. The lowest BCUT2D eigenvalue weighted by atomic mass is 10.0. The van der Waals surface area contributed by atoms with Gasteiger partial charge in [0.15, 0.2) is 0 Å². The molecule has 0 aliphatic heterocycles. The molecule has 4 aromatic rings. The highest BCUT2D eigenvalue weighted by atomic mass is 16.5. The first-order chi connectivity index (χ1) is 16.1. The SMILES string of the molecule is Cc1ccc(C(NC(=O)Cc2ccc(OCc3cccnc3C)cc2)c2ccccc2)nc1. The number of pyridine rings is 2. The molecule has 0 aliphatic rings. The molecule has 4 rings (SSSR count). The number of ether oxygens (including phenoxy) is 1. The highest BCUT2D eigenvalue weighted by Crippen LogP contribution is 2.21. The molecule has 166 valence electrons. The fourth-order valence-electron chi connectivity index (χ4n) is 3.56. The normalized spacial score (nSPS) is 11.6. The lowest BCUT2D eigenvalue weighted by Gasteiger charge is -2.19. The summed E-state index contributed by atoms with van der Waals surface area (Å²) in [6.45, 7) is 4.43. The van der Waals surface area contributed by atoms with Crippen molar-refractivity contribution >= 4 is 5.91 Å². The minimum absolute atomic E-state index is 0.0640. The van der Waals surface area contributed by atoms with Crippen molar-refractivity contribution in [2.45, 2.75) is 32.9 Å². The van der Waals surface area contributed by atoms with Crippen LogP contribution in [-0.2, 0) is 17.8 Å². The predicted molar refractivity (Wildman–Crippen MR) is 129 cm³/mol. The summed E-state index contributed by atoms with van der Waals surface area (Å²) in [5, 5.41) is 3.15. The van der Waals surface area contributed by atoms with Crippen LogP contribution in [0.2, 0.25) is 0 Å². The quantitative estimate of drug-likeness (QED) is 0.416. The Bertz CT molecular complexity index is 1190. The third kappa shape index (κ3) is 6.04. The number of benzene rings is 2. The van der Waals surface area contributed by atoms with Crippen LogP contribution in [0.15, 0.2) is 91.3 Å². The number of carbonyl (C=O) groups excluding carboxylic acids is 1. The number of nitrogens with one attached hydrogen (secondary N) is 1. The van der Waals surface area contributed by atoms with Crippen LogP contribution in [0.4, 0.5) is 0 Å². The average Bonchev–Trinajstić information content (AvgIpc) is 2.84. The van der Waals surface area contributed by atoms with E-state index in [0.717, 1.165) is 39.4 Å². The number of aryl methyl sites for hydroxylation is 2. The second-order valence-corrected chi connectivity index (χ2v) is 8.03. The maximum absolute atomic E-state index is 12.9. The Morgan fingerprint density at radius 2 is 1.70 bits per heavy atom. The third-order valence-electron chi connectivity index (χ3n) is 5.47. The molecular formula is C28H27N3O2. The molecule has 1 atom stereocenters. The van der Waals surface area contributed by atoms with Crippen LogP contribution in [0.25, 0.3) is 0 Å². The molecule has 0 bridgehead atoms. The van der Waals surface area contributed by atoms with Gasteiger partial charge in [0.05, 0.1) is 18.2 Å². The first kappa shape index (κ1) is 22.2. The van der Waals surface area contributed by atoms with Crippen molar-refractivity contribution in [2.75, 3.05) is 0 Å². The van der Waals surface area contributed by atoms with Crippen molar-refractivity contribution in [2.24, 2.45) is 0 Å². The van der Waals surface area contributed by atoms with Gasteiger partial charge in [-0.3, -0.25) is 14.8 Å². The first-order valence-electron chi connectivity index (χ1n) is 11.0. The zero-order valence-electron chi connectivity index (χ0n) is 18.9. The summed E-state index contributed by atoms with van der Waals surface area (Å²) in [6, 6.07) is 25.1. The Morgan fingerprint density at radius 3 is 2.39 bits per heavy atom. The number of aromatic nitrogens is 2. The van der Waals surface area contributed by atoms with E-state index in [1.54, 1.807) is 6.20 Å². The van der Waals surface area contributed by atoms with Crippen LogP contribution < -0.4 is 10.1 Å². The first-order valence-corrected chi connectivity index (χ1v) is 11.0. The topological polar surface area (TPSA) is 64.1 Å². The molecule has 1 amide bonds. The summed E-state index contributed by atoms with van der Waals surface area (Å²) in [5.74, 6) is 0.694. The van der Waals surface area contributed by atoms with Crippen molar-refractivity contribution in [1.29, 1.82) is 0 Å². The van der Waals surface area contributed by atoms with Gasteiger partial charge in [-0.05, 0) is 54.8 Å². The standard InChI is InChI=1S/C28H27N3O2/c1-20-10-15-26(30-18-20)28(23-7-4-3-5-8-23)31-27(32)17-22-11-13-25(14-12-22)33-19-24-9-6-16-29-21(24)2/h3-16,18,28H,17,19H2,1-2H3,(H,31,32). The predicted octanol–water partition coefficient (Wildman–Crippen LogP) is 5.12. The van der Waals surface area contributed by atoms with Gasteiger partial charge in [0.2, 0.25) is 5.91 Å². The van der Waals surface area contributed by atoms with Crippen LogP contribution in [0.1, 0.15) is 39.7 Å². The second-order valence-electron chi connectivity index (χ2n) is 8.03. The van der Waals surface area contributed by atoms with E-state index < -0.39 is 0 Å². The van der Waals surface area contributed by atoms with Gasteiger partial charge in [-0.25, -0.2) is 0 Å². The van der Waals surface area contributed by atoms with Crippen molar-refractivity contribution < 1.29 is 9.53 Å². The number of nitrogens with zero attached hydrogens (tertiary/aromatic N) is 2. The second kappa shape index (κ2) is 10.6. The lowest BCUT2D eigenvalue weighted by Crippen LogP contribution is -2.31. The fraction of sp³-hybridized carbons (Fsp3) is 0.179. The number of carbonyl (C=O) groups is 1. The summed E-state index contributed by atoms with van der Waals surface area (Å²) < 4.78 is 5.87. The summed E-state index contributed by atoms with van der Waals surface area (Å²) in [6.07, 6.45) is 3.87. The average molecular weight is 438 g/mol. The summed E-state index contributed by atoms with van der Waals surface area (Å²) >= 11 is 0. The van der Waals surface area contributed by atoms with E-state index >= 15 is 0 Å². The molecule has 2 aromatic carbocycles. The molecule has 0 saturated heterocycles. The van der Waals surface area contributed by atoms with Gasteiger partial charge in [0.1, 0.15) is 12.4 Å². The van der Waals surface area contributed by atoms with Crippen LogP contribution >= 0.6 is 0 Å². The maximum atomic E-state index is 12.9. The molecule has 0 aliphatic carbocycles. The van der Waals surface area contributed by atoms with E-state index in [1.807, 2.05) is 98.9 Å². The van der Waals surface area contributed by atoms with Gasteiger partial charge in [-0.15, -0.1) is 0 Å². The van der Waals surface area contributed by atoms with Crippen LogP contribution in [-0.4, -0.2) is 15.9 Å². The van der Waals surface area contributed by atoms with E-state index in [0.29, 0.717) is 6.61 Å². The van der Waals surface area contributed by atoms with Crippen LogP contribution in [0, 0.1) is 13.8 Å². The van der Waals surface area contributed by atoms with E-state index in [2.05, 4.69) is 15.3 Å². The Balaban J connectivity index is 1.40. The zero-order chi connectivity index (χ0) is 23.0. The smallest absolute Gasteiger partial charge is 0.225 e. The highest BCUT2D eigenvalue weighted by molar-refractivity contribution is 5.79. The van der Waals surface area contributed by atoms with E-state index in [4.69, 9.17) is 4.74 Å². The van der Waals surface area contributed by atoms with Gasteiger partial charge in [-0.1, -0.05) is 54.6 Å². The molecule has 1 unspecified atom stereocenters.